The van der Waals surface area contributed by atoms with E-state index >= 15 is 0 Å². The number of nitrogens with zero attached hydrogens (tertiary/aromatic N) is 2. The Morgan fingerprint density at radius 3 is 2.23 bits per heavy atom. The summed E-state index contributed by atoms with van der Waals surface area (Å²) in [7, 11) is 4.60. The number of methoxy groups -OCH3 is 3. The smallest absolute Gasteiger partial charge is 0.337 e. The summed E-state index contributed by atoms with van der Waals surface area (Å²) in [6, 6.07) is 13.7. The van der Waals surface area contributed by atoms with Crippen LogP contribution < -0.4 is 28.6 Å². The van der Waals surface area contributed by atoms with E-state index in [9.17, 15) is 14.9 Å². The predicted molar refractivity (Wildman–Crippen MR) is 138 cm³/mol. The molecular formula is C28H24N2O9. The Bertz CT molecular complexity index is 1510. The molecule has 200 valence electrons. The summed E-state index contributed by atoms with van der Waals surface area (Å²) in [4.78, 5) is 26.0. The molecule has 0 bridgehead atoms. The third-order valence-electron chi connectivity index (χ3n) is 7.12. The van der Waals surface area contributed by atoms with Gasteiger partial charge in [-0.05, 0) is 34.9 Å². The lowest BCUT2D eigenvalue weighted by Gasteiger charge is -2.36. The lowest BCUT2D eigenvalue weighted by Crippen LogP contribution is -2.30. The van der Waals surface area contributed by atoms with E-state index in [1.54, 1.807) is 12.1 Å². The monoisotopic (exact) mass is 532 g/mol. The van der Waals surface area contributed by atoms with Crippen LogP contribution in [-0.4, -0.2) is 45.6 Å². The van der Waals surface area contributed by atoms with Gasteiger partial charge in [-0.1, -0.05) is 12.1 Å². The maximum absolute atomic E-state index is 13.3. The van der Waals surface area contributed by atoms with Crippen LogP contribution in [0.15, 0.2) is 59.8 Å². The minimum atomic E-state index is -0.527. The van der Waals surface area contributed by atoms with Crippen molar-refractivity contribution in [2.24, 2.45) is 0 Å². The van der Waals surface area contributed by atoms with Gasteiger partial charge in [0.15, 0.2) is 23.0 Å². The molecule has 0 N–H and O–H groups in total. The number of non-ortho nitro benzene ring substituents is 1. The zero-order valence-corrected chi connectivity index (χ0v) is 21.4. The number of hydrogen-bond donors (Lipinski definition) is 0. The Kier molecular flexibility index (Phi) is 5.90. The van der Waals surface area contributed by atoms with Gasteiger partial charge >= 0.3 is 5.97 Å². The van der Waals surface area contributed by atoms with Crippen molar-refractivity contribution >= 4 is 17.3 Å². The molecule has 3 aliphatic heterocycles. The molecule has 0 amide bonds. The van der Waals surface area contributed by atoms with Crippen molar-refractivity contribution in [2.45, 2.75) is 12.5 Å². The number of anilines is 1. The molecule has 1 unspecified atom stereocenters. The van der Waals surface area contributed by atoms with Crippen molar-refractivity contribution in [2.75, 3.05) is 39.6 Å². The summed E-state index contributed by atoms with van der Waals surface area (Å²) in [5, 5.41) is 11.1. The molecule has 3 aromatic rings. The van der Waals surface area contributed by atoms with Crippen molar-refractivity contribution in [3.63, 3.8) is 0 Å². The molecule has 39 heavy (non-hydrogen) atoms. The molecule has 0 radical (unpaired) electrons. The fourth-order valence-corrected chi connectivity index (χ4v) is 5.33. The molecule has 0 saturated carbocycles. The van der Waals surface area contributed by atoms with E-state index in [4.69, 9.17) is 28.4 Å². The number of fused-ring (bicyclic) bond motifs is 2. The van der Waals surface area contributed by atoms with Crippen molar-refractivity contribution in [1.29, 1.82) is 0 Å². The minimum absolute atomic E-state index is 0.00269. The quantitative estimate of drug-likeness (QED) is 0.247. The molecule has 0 saturated heterocycles. The number of rotatable bonds is 7. The van der Waals surface area contributed by atoms with E-state index in [0.29, 0.717) is 46.6 Å². The van der Waals surface area contributed by atoms with E-state index in [-0.39, 0.29) is 19.1 Å². The first-order valence-corrected chi connectivity index (χ1v) is 12.1. The number of hydrogen-bond acceptors (Lipinski definition) is 10. The van der Waals surface area contributed by atoms with Crippen LogP contribution in [0.5, 0.6) is 28.7 Å². The standard InChI is InChI=1S/C28H24N2O9/c1-34-23-8-16(9-24(35-2)27(23)36-3)25-18-10-21-22(39-14-38-21)11-19(18)29(20-13-37-28(31)26(20)25)12-15-4-6-17(7-5-15)30(32)33/h4-11,25H,12-14H2,1-3H3. The minimum Gasteiger partial charge on any atom is -0.493 e. The fourth-order valence-electron chi connectivity index (χ4n) is 5.33. The summed E-state index contributed by atoms with van der Waals surface area (Å²) in [6.07, 6.45) is 0. The first kappa shape index (κ1) is 24.4. The predicted octanol–water partition coefficient (Wildman–Crippen LogP) is 4.31. The van der Waals surface area contributed by atoms with Gasteiger partial charge in [0, 0.05) is 36.3 Å². The van der Waals surface area contributed by atoms with Gasteiger partial charge in [0.05, 0.1) is 37.5 Å². The third kappa shape index (κ3) is 3.94. The molecule has 1 atom stereocenters. The highest BCUT2D eigenvalue weighted by atomic mass is 16.7. The summed E-state index contributed by atoms with van der Waals surface area (Å²) in [5.41, 5.74) is 4.35. The molecule has 11 nitrogen and oxygen atoms in total. The van der Waals surface area contributed by atoms with Gasteiger partial charge in [-0.2, -0.15) is 0 Å². The number of carbonyl (C=O) groups excluding carboxylic acids is 1. The lowest BCUT2D eigenvalue weighted by molar-refractivity contribution is -0.384. The first-order valence-electron chi connectivity index (χ1n) is 12.1. The van der Waals surface area contributed by atoms with E-state index in [2.05, 4.69) is 0 Å². The SMILES string of the molecule is COc1cc(C2C3=C(COC3=O)N(Cc3ccc([N+](=O)[O-])cc3)c3cc4c(cc32)OCO4)cc(OC)c1OC. The highest BCUT2D eigenvalue weighted by Gasteiger charge is 2.43. The number of esters is 1. The largest absolute Gasteiger partial charge is 0.493 e. The van der Waals surface area contributed by atoms with Crippen LogP contribution in [0.3, 0.4) is 0 Å². The second-order valence-electron chi connectivity index (χ2n) is 9.10. The summed E-state index contributed by atoms with van der Waals surface area (Å²) < 4.78 is 33.6. The average Bonchev–Trinajstić information content (AvgIpc) is 3.57. The second-order valence-corrected chi connectivity index (χ2v) is 9.10. The van der Waals surface area contributed by atoms with Gasteiger partial charge in [0.25, 0.3) is 5.69 Å². The number of cyclic esters (lactones) is 1. The van der Waals surface area contributed by atoms with Gasteiger partial charge in [0.1, 0.15) is 6.61 Å². The van der Waals surface area contributed by atoms with Crippen LogP contribution in [0.4, 0.5) is 11.4 Å². The molecule has 3 aromatic carbocycles. The van der Waals surface area contributed by atoms with Crippen molar-refractivity contribution in [1.82, 2.24) is 0 Å². The third-order valence-corrected chi connectivity index (χ3v) is 7.12. The molecule has 0 spiro atoms. The highest BCUT2D eigenvalue weighted by molar-refractivity contribution is 5.98. The average molecular weight is 533 g/mol. The second kappa shape index (κ2) is 9.43. The van der Waals surface area contributed by atoms with Crippen LogP contribution >= 0.6 is 0 Å². The van der Waals surface area contributed by atoms with Crippen LogP contribution in [0.25, 0.3) is 0 Å². The van der Waals surface area contributed by atoms with Crippen LogP contribution in [0.2, 0.25) is 0 Å². The van der Waals surface area contributed by atoms with Gasteiger partial charge in [-0.25, -0.2) is 4.79 Å². The van der Waals surface area contributed by atoms with E-state index in [1.165, 1.54) is 33.5 Å². The van der Waals surface area contributed by atoms with Crippen LogP contribution in [0.1, 0.15) is 22.6 Å². The molecule has 11 heteroatoms. The van der Waals surface area contributed by atoms with E-state index < -0.39 is 16.8 Å². The number of ether oxygens (including phenoxy) is 6. The first-order chi connectivity index (χ1) is 18.9. The normalized spacial score (nSPS) is 16.9. The maximum atomic E-state index is 13.3. The van der Waals surface area contributed by atoms with Gasteiger partial charge in [-0.15, -0.1) is 0 Å². The number of benzene rings is 3. The molecule has 0 fully saturated rings. The van der Waals surface area contributed by atoms with Crippen LogP contribution in [0, 0.1) is 10.1 Å². The zero-order chi connectivity index (χ0) is 27.3. The Hall–Kier alpha value is -4.93. The summed E-state index contributed by atoms with van der Waals surface area (Å²) in [6.45, 7) is 0.517. The van der Waals surface area contributed by atoms with E-state index in [0.717, 1.165) is 22.4 Å². The Labute approximate surface area is 223 Å². The molecule has 0 aliphatic carbocycles. The zero-order valence-electron chi connectivity index (χ0n) is 21.4. The number of nitro groups is 1. The number of carbonyl (C=O) groups is 1. The topological polar surface area (TPSA) is 119 Å². The molecule has 0 aromatic heterocycles. The lowest BCUT2D eigenvalue weighted by atomic mass is 9.80. The van der Waals surface area contributed by atoms with Crippen molar-refractivity contribution in [3.8, 4) is 28.7 Å². The Morgan fingerprint density at radius 2 is 1.62 bits per heavy atom. The van der Waals surface area contributed by atoms with Crippen molar-refractivity contribution in [3.05, 3.63) is 86.6 Å². The number of nitro benzene ring substituents is 1. The fraction of sp³-hybridized carbons (Fsp3) is 0.250. The van der Waals surface area contributed by atoms with Gasteiger partial charge in [0.2, 0.25) is 12.5 Å². The molecule has 3 heterocycles. The summed E-state index contributed by atoms with van der Waals surface area (Å²) >= 11 is 0. The Balaban J connectivity index is 1.54. The molecular weight excluding hydrogens is 508 g/mol. The maximum Gasteiger partial charge on any atom is 0.337 e. The van der Waals surface area contributed by atoms with Gasteiger partial charge < -0.3 is 33.3 Å². The van der Waals surface area contributed by atoms with E-state index in [1.807, 2.05) is 29.2 Å². The van der Waals surface area contributed by atoms with Gasteiger partial charge in [-0.3, -0.25) is 10.1 Å². The van der Waals surface area contributed by atoms with Crippen molar-refractivity contribution < 1.29 is 38.1 Å². The molecule has 6 rings (SSSR count). The Morgan fingerprint density at radius 1 is 0.949 bits per heavy atom. The van der Waals surface area contributed by atoms with Crippen LogP contribution in [-0.2, 0) is 16.1 Å². The summed E-state index contributed by atoms with van der Waals surface area (Å²) in [5.74, 6) is 1.54. The molecule has 3 aliphatic rings. The highest BCUT2D eigenvalue weighted by Crippen LogP contribution is 2.53.